The lowest BCUT2D eigenvalue weighted by atomic mass is 10.1. The number of hydrogen-bond donors (Lipinski definition) is 0. The Bertz CT molecular complexity index is 551. The van der Waals surface area contributed by atoms with E-state index < -0.39 is 23.8 Å². The standard InChI is InChI=1S/C13H12F4N2O2/c14-10-4-2-1-3-9(10)11(20)18-5-7-19(8-6-18)12(21)13(15,16)17/h1-4H,5-8H2. The van der Waals surface area contributed by atoms with Crippen molar-refractivity contribution in [2.45, 2.75) is 6.18 Å². The maximum Gasteiger partial charge on any atom is 0.471 e. The molecule has 1 aromatic rings. The summed E-state index contributed by atoms with van der Waals surface area (Å²) in [7, 11) is 0. The summed E-state index contributed by atoms with van der Waals surface area (Å²) in [6.45, 7) is -0.568. The fourth-order valence-electron chi connectivity index (χ4n) is 2.10. The van der Waals surface area contributed by atoms with Gasteiger partial charge in [0.15, 0.2) is 0 Å². The van der Waals surface area contributed by atoms with Crippen molar-refractivity contribution in [1.29, 1.82) is 0 Å². The van der Waals surface area contributed by atoms with Crippen molar-refractivity contribution in [3.63, 3.8) is 0 Å². The number of alkyl halides is 3. The van der Waals surface area contributed by atoms with E-state index in [0.29, 0.717) is 4.90 Å². The van der Waals surface area contributed by atoms with Crippen LogP contribution in [0.1, 0.15) is 10.4 Å². The Hall–Kier alpha value is -2.12. The third-order valence-electron chi connectivity index (χ3n) is 3.20. The van der Waals surface area contributed by atoms with Crippen molar-refractivity contribution in [3.05, 3.63) is 35.6 Å². The summed E-state index contributed by atoms with van der Waals surface area (Å²) in [6.07, 6.45) is -4.92. The van der Waals surface area contributed by atoms with Crippen LogP contribution in [0.2, 0.25) is 0 Å². The molecule has 0 N–H and O–H groups in total. The predicted molar refractivity (Wildman–Crippen MR) is 64.9 cm³/mol. The van der Waals surface area contributed by atoms with Crippen LogP contribution in [0.4, 0.5) is 17.6 Å². The summed E-state index contributed by atoms with van der Waals surface area (Å²) in [5, 5.41) is 0. The molecule has 0 bridgehead atoms. The molecule has 2 amide bonds. The highest BCUT2D eigenvalue weighted by Gasteiger charge is 2.43. The molecule has 0 aliphatic carbocycles. The average Bonchev–Trinajstić information content (AvgIpc) is 2.45. The van der Waals surface area contributed by atoms with Gasteiger partial charge >= 0.3 is 12.1 Å². The van der Waals surface area contributed by atoms with Crippen molar-refractivity contribution in [2.75, 3.05) is 26.2 Å². The first-order valence-corrected chi connectivity index (χ1v) is 6.20. The molecule has 0 radical (unpaired) electrons. The molecule has 0 atom stereocenters. The molecular formula is C13H12F4N2O2. The normalized spacial score (nSPS) is 16.0. The van der Waals surface area contributed by atoms with Crippen molar-refractivity contribution in [2.24, 2.45) is 0 Å². The minimum atomic E-state index is -4.92. The Kier molecular flexibility index (Phi) is 4.15. The van der Waals surface area contributed by atoms with Gasteiger partial charge in [-0.05, 0) is 12.1 Å². The van der Waals surface area contributed by atoms with Gasteiger partial charge in [0, 0.05) is 26.2 Å². The molecule has 4 nitrogen and oxygen atoms in total. The number of nitrogens with zero attached hydrogens (tertiary/aromatic N) is 2. The molecule has 0 unspecified atom stereocenters. The van der Waals surface area contributed by atoms with E-state index in [1.165, 1.54) is 23.1 Å². The van der Waals surface area contributed by atoms with E-state index in [1.807, 2.05) is 0 Å². The van der Waals surface area contributed by atoms with Crippen LogP contribution in [-0.2, 0) is 4.79 Å². The van der Waals surface area contributed by atoms with E-state index in [4.69, 9.17) is 0 Å². The molecule has 1 aliphatic rings. The fourth-order valence-corrected chi connectivity index (χ4v) is 2.10. The number of benzene rings is 1. The number of hydrogen-bond acceptors (Lipinski definition) is 2. The number of halogens is 4. The zero-order chi connectivity index (χ0) is 15.6. The van der Waals surface area contributed by atoms with Gasteiger partial charge in [0.05, 0.1) is 5.56 Å². The van der Waals surface area contributed by atoms with Crippen LogP contribution in [0.5, 0.6) is 0 Å². The second-order valence-corrected chi connectivity index (χ2v) is 4.56. The number of carbonyl (C=O) groups is 2. The molecular weight excluding hydrogens is 292 g/mol. The molecule has 0 spiro atoms. The van der Waals surface area contributed by atoms with E-state index in [1.54, 1.807) is 0 Å². The molecule has 2 rings (SSSR count). The third-order valence-corrected chi connectivity index (χ3v) is 3.20. The second kappa shape index (κ2) is 5.71. The van der Waals surface area contributed by atoms with E-state index in [0.717, 1.165) is 6.07 Å². The van der Waals surface area contributed by atoms with E-state index >= 15 is 0 Å². The van der Waals surface area contributed by atoms with Crippen LogP contribution < -0.4 is 0 Å². The SMILES string of the molecule is O=C(c1ccccc1F)N1CCN(C(=O)C(F)(F)F)CC1. The van der Waals surface area contributed by atoms with Gasteiger partial charge in [0.2, 0.25) is 0 Å². The highest BCUT2D eigenvalue weighted by atomic mass is 19.4. The van der Waals surface area contributed by atoms with Gasteiger partial charge in [-0.1, -0.05) is 12.1 Å². The van der Waals surface area contributed by atoms with Crippen molar-refractivity contribution < 1.29 is 27.2 Å². The van der Waals surface area contributed by atoms with E-state index in [-0.39, 0.29) is 31.7 Å². The number of carbonyl (C=O) groups excluding carboxylic acids is 2. The predicted octanol–water partition coefficient (Wildman–Crippen LogP) is 1.67. The summed E-state index contributed by atoms with van der Waals surface area (Å²) in [5.74, 6) is -3.19. The fraction of sp³-hybridized carbons (Fsp3) is 0.385. The average molecular weight is 304 g/mol. The van der Waals surface area contributed by atoms with E-state index in [2.05, 4.69) is 0 Å². The summed E-state index contributed by atoms with van der Waals surface area (Å²) < 4.78 is 50.4. The first-order valence-electron chi connectivity index (χ1n) is 6.20. The Morgan fingerprint density at radius 2 is 1.48 bits per heavy atom. The Labute approximate surface area is 117 Å². The highest BCUT2D eigenvalue weighted by molar-refractivity contribution is 5.94. The minimum Gasteiger partial charge on any atom is -0.335 e. The molecule has 0 aromatic heterocycles. The number of piperazine rings is 1. The first-order chi connectivity index (χ1) is 9.80. The summed E-state index contributed by atoms with van der Waals surface area (Å²) >= 11 is 0. The maximum atomic E-state index is 13.5. The Morgan fingerprint density at radius 3 is 2.00 bits per heavy atom. The van der Waals surface area contributed by atoms with Crippen LogP contribution in [-0.4, -0.2) is 54.0 Å². The maximum absolute atomic E-state index is 13.5. The molecule has 1 heterocycles. The monoisotopic (exact) mass is 304 g/mol. The minimum absolute atomic E-state index is 0.0605. The molecule has 1 saturated heterocycles. The number of amides is 2. The molecule has 0 saturated carbocycles. The van der Waals surface area contributed by atoms with E-state index in [9.17, 15) is 27.2 Å². The van der Waals surface area contributed by atoms with Gasteiger partial charge in [-0.15, -0.1) is 0 Å². The zero-order valence-corrected chi connectivity index (χ0v) is 10.9. The zero-order valence-electron chi connectivity index (χ0n) is 10.9. The lowest BCUT2D eigenvalue weighted by Crippen LogP contribution is -2.53. The van der Waals surface area contributed by atoms with Gasteiger partial charge in [0.25, 0.3) is 5.91 Å². The van der Waals surface area contributed by atoms with Crippen molar-refractivity contribution in [1.82, 2.24) is 9.80 Å². The lowest BCUT2D eigenvalue weighted by Gasteiger charge is -2.35. The van der Waals surface area contributed by atoms with Gasteiger partial charge in [-0.3, -0.25) is 9.59 Å². The molecule has 1 aliphatic heterocycles. The molecule has 21 heavy (non-hydrogen) atoms. The van der Waals surface area contributed by atoms with Gasteiger partial charge in [0.1, 0.15) is 5.82 Å². The largest absolute Gasteiger partial charge is 0.471 e. The topological polar surface area (TPSA) is 40.6 Å². The van der Waals surface area contributed by atoms with Crippen LogP contribution in [0, 0.1) is 5.82 Å². The van der Waals surface area contributed by atoms with Crippen molar-refractivity contribution in [3.8, 4) is 0 Å². The van der Waals surface area contributed by atoms with Crippen LogP contribution >= 0.6 is 0 Å². The lowest BCUT2D eigenvalue weighted by molar-refractivity contribution is -0.186. The van der Waals surface area contributed by atoms with Gasteiger partial charge in [-0.2, -0.15) is 13.2 Å². The van der Waals surface area contributed by atoms with Gasteiger partial charge in [-0.25, -0.2) is 4.39 Å². The third kappa shape index (κ3) is 3.32. The van der Waals surface area contributed by atoms with Gasteiger partial charge < -0.3 is 9.80 Å². The van der Waals surface area contributed by atoms with Crippen LogP contribution in [0.15, 0.2) is 24.3 Å². The van der Waals surface area contributed by atoms with Crippen LogP contribution in [0.25, 0.3) is 0 Å². The number of rotatable bonds is 1. The summed E-state index contributed by atoms with van der Waals surface area (Å²) in [4.78, 5) is 25.0. The Morgan fingerprint density at radius 1 is 0.952 bits per heavy atom. The van der Waals surface area contributed by atoms with Crippen LogP contribution in [0.3, 0.4) is 0 Å². The van der Waals surface area contributed by atoms with Crippen molar-refractivity contribution >= 4 is 11.8 Å². The summed E-state index contributed by atoms with van der Waals surface area (Å²) in [6, 6.07) is 5.38. The highest BCUT2D eigenvalue weighted by Crippen LogP contribution is 2.20. The first kappa shape index (κ1) is 15.3. The molecule has 114 valence electrons. The smallest absolute Gasteiger partial charge is 0.335 e. The molecule has 8 heteroatoms. The molecule has 1 fully saturated rings. The summed E-state index contributed by atoms with van der Waals surface area (Å²) in [5.41, 5.74) is -0.131. The quantitative estimate of drug-likeness (QED) is 0.741. The second-order valence-electron chi connectivity index (χ2n) is 4.56. The molecule has 1 aromatic carbocycles. The Balaban J connectivity index is 2.00.